The van der Waals surface area contributed by atoms with Gasteiger partial charge in [-0.1, -0.05) is 0 Å². The summed E-state index contributed by atoms with van der Waals surface area (Å²) in [5.74, 6) is 1.43. The minimum Gasteiger partial charge on any atom is -0.464 e. The lowest BCUT2D eigenvalue weighted by Crippen LogP contribution is -2.53. The van der Waals surface area contributed by atoms with Crippen LogP contribution in [0.15, 0.2) is 0 Å². The first-order valence-electron chi connectivity index (χ1n) is 6.88. The lowest BCUT2D eigenvalue weighted by atomic mass is 9.84. The number of hydrogen-bond donors (Lipinski definition) is 2. The summed E-state index contributed by atoms with van der Waals surface area (Å²) >= 11 is 0. The van der Waals surface area contributed by atoms with Crippen LogP contribution in [-0.4, -0.2) is 52.1 Å². The number of piperidine rings is 3. The molecule has 3 aliphatic heterocycles. The van der Waals surface area contributed by atoms with Crippen LogP contribution in [0.5, 0.6) is 6.01 Å². The predicted octanol–water partition coefficient (Wildman–Crippen LogP) is 0.359. The van der Waals surface area contributed by atoms with Crippen molar-refractivity contribution >= 4 is 11.9 Å². The molecule has 7 heteroatoms. The quantitative estimate of drug-likeness (QED) is 0.811. The van der Waals surface area contributed by atoms with E-state index in [4.69, 9.17) is 10.5 Å². The standard InChI is InChI=1S/C12H20N6O/c1-2-19-12-16-10(13)15-11(17-12)14-9-7-18-5-3-8(9)4-6-18/h8-9H,2-7H2,1H3,(H3,13,14,15,16,17). The van der Waals surface area contributed by atoms with Crippen LogP contribution in [0.1, 0.15) is 19.8 Å². The third kappa shape index (κ3) is 2.70. The number of nitrogen functional groups attached to an aromatic ring is 1. The highest BCUT2D eigenvalue weighted by atomic mass is 16.5. The molecule has 0 spiro atoms. The van der Waals surface area contributed by atoms with Gasteiger partial charge in [-0.15, -0.1) is 0 Å². The third-order valence-corrected chi connectivity index (χ3v) is 3.88. The van der Waals surface area contributed by atoms with E-state index >= 15 is 0 Å². The van der Waals surface area contributed by atoms with Crippen molar-refractivity contribution in [2.24, 2.45) is 5.92 Å². The average Bonchev–Trinajstić information content (AvgIpc) is 2.39. The molecule has 1 unspecified atom stereocenters. The minimum atomic E-state index is 0.197. The minimum absolute atomic E-state index is 0.197. The number of nitrogens with zero attached hydrogens (tertiary/aromatic N) is 4. The average molecular weight is 264 g/mol. The summed E-state index contributed by atoms with van der Waals surface area (Å²) in [6.45, 7) is 5.89. The van der Waals surface area contributed by atoms with Gasteiger partial charge in [-0.2, -0.15) is 15.0 Å². The van der Waals surface area contributed by atoms with Crippen molar-refractivity contribution in [2.45, 2.75) is 25.8 Å². The van der Waals surface area contributed by atoms with Crippen molar-refractivity contribution < 1.29 is 4.74 Å². The summed E-state index contributed by atoms with van der Waals surface area (Å²) in [7, 11) is 0. The summed E-state index contributed by atoms with van der Waals surface area (Å²) in [5, 5.41) is 3.39. The van der Waals surface area contributed by atoms with Crippen molar-refractivity contribution in [3.63, 3.8) is 0 Å². The van der Waals surface area contributed by atoms with E-state index in [1.54, 1.807) is 0 Å². The van der Waals surface area contributed by atoms with Crippen molar-refractivity contribution in [1.29, 1.82) is 0 Å². The number of nitrogens with one attached hydrogen (secondary N) is 1. The highest BCUT2D eigenvalue weighted by molar-refractivity contribution is 5.34. The second-order valence-corrected chi connectivity index (χ2v) is 5.12. The topological polar surface area (TPSA) is 89.2 Å². The molecule has 3 saturated heterocycles. The molecular formula is C12H20N6O. The lowest BCUT2D eigenvalue weighted by molar-refractivity contribution is 0.0971. The maximum Gasteiger partial charge on any atom is 0.323 e. The number of anilines is 2. The molecular weight excluding hydrogens is 244 g/mol. The number of nitrogens with two attached hydrogens (primary N) is 1. The van der Waals surface area contributed by atoms with Gasteiger partial charge in [0.1, 0.15) is 0 Å². The van der Waals surface area contributed by atoms with Gasteiger partial charge < -0.3 is 20.7 Å². The van der Waals surface area contributed by atoms with Crippen LogP contribution in [0, 0.1) is 5.92 Å². The van der Waals surface area contributed by atoms with Crippen LogP contribution in [0.4, 0.5) is 11.9 Å². The fourth-order valence-corrected chi connectivity index (χ4v) is 2.92. The molecule has 0 saturated carbocycles. The highest BCUT2D eigenvalue weighted by Crippen LogP contribution is 2.29. The first-order valence-corrected chi connectivity index (χ1v) is 6.88. The van der Waals surface area contributed by atoms with Crippen LogP contribution in [0.25, 0.3) is 0 Å². The number of ether oxygens (including phenoxy) is 1. The molecule has 104 valence electrons. The van der Waals surface area contributed by atoms with Crippen molar-refractivity contribution in [2.75, 3.05) is 37.3 Å². The van der Waals surface area contributed by atoms with E-state index in [1.165, 1.54) is 25.9 Å². The fourth-order valence-electron chi connectivity index (χ4n) is 2.92. The van der Waals surface area contributed by atoms with Gasteiger partial charge in [-0.25, -0.2) is 0 Å². The SMILES string of the molecule is CCOc1nc(N)nc(NC2CN3CCC2CC3)n1. The zero-order chi connectivity index (χ0) is 13.2. The molecule has 0 aliphatic carbocycles. The first kappa shape index (κ1) is 12.4. The van der Waals surface area contributed by atoms with Gasteiger partial charge >= 0.3 is 6.01 Å². The Morgan fingerprint density at radius 2 is 2.11 bits per heavy atom. The summed E-state index contributed by atoms with van der Waals surface area (Å²) in [4.78, 5) is 14.8. The molecule has 19 heavy (non-hydrogen) atoms. The van der Waals surface area contributed by atoms with E-state index in [-0.39, 0.29) is 5.95 Å². The van der Waals surface area contributed by atoms with E-state index < -0.39 is 0 Å². The fraction of sp³-hybridized carbons (Fsp3) is 0.750. The Kier molecular flexibility index (Phi) is 3.37. The van der Waals surface area contributed by atoms with Crippen LogP contribution >= 0.6 is 0 Å². The second-order valence-electron chi connectivity index (χ2n) is 5.12. The number of fused-ring (bicyclic) bond motifs is 3. The molecule has 3 N–H and O–H groups in total. The largest absolute Gasteiger partial charge is 0.464 e. The highest BCUT2D eigenvalue weighted by Gasteiger charge is 2.34. The number of aromatic nitrogens is 3. The normalized spacial score (nSPS) is 29.2. The van der Waals surface area contributed by atoms with Gasteiger partial charge in [0.15, 0.2) is 0 Å². The molecule has 0 aromatic carbocycles. The van der Waals surface area contributed by atoms with Crippen molar-refractivity contribution in [3.8, 4) is 6.01 Å². The Balaban J connectivity index is 1.72. The van der Waals surface area contributed by atoms with Gasteiger partial charge in [-0.05, 0) is 38.8 Å². The Morgan fingerprint density at radius 1 is 1.32 bits per heavy atom. The van der Waals surface area contributed by atoms with E-state index in [0.29, 0.717) is 30.5 Å². The van der Waals surface area contributed by atoms with Crippen molar-refractivity contribution in [1.82, 2.24) is 19.9 Å². The molecule has 4 heterocycles. The summed E-state index contributed by atoms with van der Waals surface area (Å²) < 4.78 is 5.29. The van der Waals surface area contributed by atoms with Gasteiger partial charge in [0.2, 0.25) is 11.9 Å². The molecule has 1 aromatic heterocycles. The van der Waals surface area contributed by atoms with E-state index in [2.05, 4.69) is 25.2 Å². The van der Waals surface area contributed by atoms with Crippen LogP contribution in [0.2, 0.25) is 0 Å². The summed E-state index contributed by atoms with van der Waals surface area (Å²) in [6.07, 6.45) is 2.49. The molecule has 3 fully saturated rings. The van der Waals surface area contributed by atoms with Gasteiger partial charge in [-0.3, -0.25) is 0 Å². The van der Waals surface area contributed by atoms with E-state index in [0.717, 1.165) is 6.54 Å². The Hall–Kier alpha value is -1.63. The number of rotatable bonds is 4. The molecule has 0 radical (unpaired) electrons. The van der Waals surface area contributed by atoms with Crippen LogP contribution in [0.3, 0.4) is 0 Å². The Bertz CT molecular complexity index is 446. The van der Waals surface area contributed by atoms with Crippen LogP contribution < -0.4 is 15.8 Å². The smallest absolute Gasteiger partial charge is 0.323 e. The maximum absolute atomic E-state index is 5.68. The maximum atomic E-state index is 5.68. The van der Waals surface area contributed by atoms with Crippen LogP contribution in [-0.2, 0) is 0 Å². The van der Waals surface area contributed by atoms with Gasteiger partial charge in [0, 0.05) is 12.6 Å². The molecule has 7 nitrogen and oxygen atoms in total. The molecule has 0 amide bonds. The molecule has 2 bridgehead atoms. The van der Waals surface area contributed by atoms with Gasteiger partial charge in [0.25, 0.3) is 0 Å². The second kappa shape index (κ2) is 5.16. The Labute approximate surface area is 112 Å². The Morgan fingerprint density at radius 3 is 2.74 bits per heavy atom. The summed E-state index contributed by atoms with van der Waals surface area (Å²) in [5.41, 5.74) is 5.68. The zero-order valence-electron chi connectivity index (χ0n) is 11.2. The first-order chi connectivity index (χ1) is 9.24. The molecule has 4 rings (SSSR count). The third-order valence-electron chi connectivity index (χ3n) is 3.88. The molecule has 1 aromatic rings. The summed E-state index contributed by atoms with van der Waals surface area (Å²) in [6, 6.07) is 0.692. The van der Waals surface area contributed by atoms with E-state index in [1.807, 2.05) is 6.92 Å². The lowest BCUT2D eigenvalue weighted by Gasteiger charge is -2.44. The van der Waals surface area contributed by atoms with Gasteiger partial charge in [0.05, 0.1) is 6.61 Å². The zero-order valence-corrected chi connectivity index (χ0v) is 11.2. The van der Waals surface area contributed by atoms with E-state index in [9.17, 15) is 0 Å². The number of hydrogen-bond acceptors (Lipinski definition) is 7. The molecule has 3 aliphatic rings. The predicted molar refractivity (Wildman–Crippen MR) is 72.0 cm³/mol. The van der Waals surface area contributed by atoms with Crippen molar-refractivity contribution in [3.05, 3.63) is 0 Å². The molecule has 1 atom stereocenters. The monoisotopic (exact) mass is 264 g/mol.